The Morgan fingerprint density at radius 3 is 2.22 bits per heavy atom. The molecule has 0 bridgehead atoms. The lowest BCUT2D eigenvalue weighted by Crippen LogP contribution is -2.54. The minimum absolute atomic E-state index is 0.0568. The fraction of sp³-hybridized carbons (Fsp3) is 0.647. The highest BCUT2D eigenvalue weighted by molar-refractivity contribution is 7.96. The highest BCUT2D eigenvalue weighted by atomic mass is 32.2. The van der Waals surface area contributed by atoms with Crippen LogP contribution in [0.4, 0.5) is 0 Å². The maximum absolute atomic E-state index is 13.3. The summed E-state index contributed by atoms with van der Waals surface area (Å²) < 4.78 is 61.6. The summed E-state index contributed by atoms with van der Waals surface area (Å²) in [6.07, 6.45) is 0. The molecule has 2 atom stereocenters. The van der Waals surface area contributed by atoms with Gasteiger partial charge in [-0.3, -0.25) is 4.90 Å². The van der Waals surface area contributed by atoms with Crippen molar-refractivity contribution < 1.29 is 26.3 Å². The van der Waals surface area contributed by atoms with E-state index in [-0.39, 0.29) is 16.4 Å². The van der Waals surface area contributed by atoms with Gasteiger partial charge >= 0.3 is 0 Å². The lowest BCUT2D eigenvalue weighted by Gasteiger charge is -2.37. The van der Waals surface area contributed by atoms with Crippen molar-refractivity contribution in [1.82, 2.24) is 9.80 Å². The summed E-state index contributed by atoms with van der Waals surface area (Å²) >= 11 is 0. The highest BCUT2D eigenvalue weighted by Gasteiger charge is 2.48. The quantitative estimate of drug-likeness (QED) is 0.654. The van der Waals surface area contributed by atoms with Gasteiger partial charge in [-0.25, -0.2) is 16.8 Å². The van der Waals surface area contributed by atoms with Gasteiger partial charge in [0.2, 0.25) is 0 Å². The van der Waals surface area contributed by atoms with E-state index in [1.54, 1.807) is 0 Å². The Bertz CT molecular complexity index is 892. The number of sulfone groups is 2. The molecule has 8 nitrogen and oxygen atoms in total. The van der Waals surface area contributed by atoms with Gasteiger partial charge in [0.05, 0.1) is 35.9 Å². The lowest BCUT2D eigenvalue weighted by atomic mass is 10.2. The van der Waals surface area contributed by atoms with E-state index < -0.39 is 31.0 Å². The van der Waals surface area contributed by atoms with Crippen molar-refractivity contribution in [3.05, 3.63) is 18.2 Å². The average molecular weight is 419 g/mol. The predicted octanol–water partition coefficient (Wildman–Crippen LogP) is -0.109. The fourth-order valence-electron chi connectivity index (χ4n) is 3.76. The molecule has 0 unspecified atom stereocenters. The molecule has 10 heteroatoms. The zero-order valence-corrected chi connectivity index (χ0v) is 17.4. The number of likely N-dealkylation sites (N-methyl/N-ethyl adjacent to an activating group) is 1. The molecule has 27 heavy (non-hydrogen) atoms. The maximum Gasteiger partial charge on any atom is 0.183 e. The molecular formula is C17H26N2O6S2. The van der Waals surface area contributed by atoms with Gasteiger partial charge in [-0.1, -0.05) is 0 Å². The third kappa shape index (κ3) is 4.08. The molecule has 2 aliphatic rings. The molecule has 0 N–H and O–H groups in total. The molecule has 2 saturated heterocycles. The summed E-state index contributed by atoms with van der Waals surface area (Å²) in [4.78, 5) is 4.21. The van der Waals surface area contributed by atoms with E-state index in [0.29, 0.717) is 24.6 Å². The number of nitrogens with zero attached hydrogens (tertiary/aromatic N) is 2. The first-order chi connectivity index (χ1) is 12.7. The van der Waals surface area contributed by atoms with Gasteiger partial charge in [0, 0.05) is 38.3 Å². The smallest absolute Gasteiger partial charge is 0.183 e. The number of ether oxygens (including phenoxy) is 2. The van der Waals surface area contributed by atoms with Crippen molar-refractivity contribution in [2.24, 2.45) is 0 Å². The normalized spacial score (nSPS) is 26.8. The number of benzene rings is 1. The van der Waals surface area contributed by atoms with E-state index in [9.17, 15) is 16.8 Å². The van der Waals surface area contributed by atoms with Crippen molar-refractivity contribution in [2.75, 3.05) is 59.0 Å². The second-order valence-corrected chi connectivity index (χ2v) is 11.4. The Morgan fingerprint density at radius 2 is 1.63 bits per heavy atom. The van der Waals surface area contributed by atoms with E-state index in [2.05, 4.69) is 4.90 Å². The molecule has 2 fully saturated rings. The summed E-state index contributed by atoms with van der Waals surface area (Å²) in [7, 11) is -2.36. The van der Waals surface area contributed by atoms with Crippen LogP contribution < -0.4 is 9.47 Å². The zero-order valence-electron chi connectivity index (χ0n) is 15.8. The molecular weight excluding hydrogens is 392 g/mol. The molecule has 0 aliphatic carbocycles. The molecule has 2 heterocycles. The van der Waals surface area contributed by atoms with Gasteiger partial charge in [-0.2, -0.15) is 0 Å². The Hall–Kier alpha value is -1.36. The average Bonchev–Trinajstić information content (AvgIpc) is 2.98. The summed E-state index contributed by atoms with van der Waals surface area (Å²) in [6.45, 7) is 2.91. The van der Waals surface area contributed by atoms with Crippen LogP contribution in [0.1, 0.15) is 0 Å². The van der Waals surface area contributed by atoms with Crippen LogP contribution in [0.15, 0.2) is 23.1 Å². The third-order valence-corrected chi connectivity index (χ3v) is 9.48. The molecule has 1 aromatic carbocycles. The topological polar surface area (TPSA) is 93.2 Å². The van der Waals surface area contributed by atoms with Gasteiger partial charge in [0.1, 0.15) is 0 Å². The molecule has 2 aliphatic heterocycles. The number of rotatable bonds is 5. The molecule has 0 spiro atoms. The van der Waals surface area contributed by atoms with Crippen LogP contribution in [0.2, 0.25) is 0 Å². The van der Waals surface area contributed by atoms with Gasteiger partial charge in [-0.05, 0) is 19.2 Å². The van der Waals surface area contributed by atoms with Crippen molar-refractivity contribution in [2.45, 2.75) is 16.2 Å². The van der Waals surface area contributed by atoms with Gasteiger partial charge in [-0.15, -0.1) is 0 Å². The van der Waals surface area contributed by atoms with Crippen molar-refractivity contribution >= 4 is 19.7 Å². The highest BCUT2D eigenvalue weighted by Crippen LogP contribution is 2.34. The molecule has 0 saturated carbocycles. The SMILES string of the molecule is COc1ccc(S(=O)(=O)[C@H]2CS(=O)(=O)C[C@@H]2N2CCN(C)CC2)cc1OC. The lowest BCUT2D eigenvalue weighted by molar-refractivity contribution is 0.122. The van der Waals surface area contributed by atoms with Crippen LogP contribution in [-0.4, -0.2) is 96.9 Å². The summed E-state index contributed by atoms with van der Waals surface area (Å²) in [5, 5.41) is -0.982. The largest absolute Gasteiger partial charge is 0.493 e. The molecule has 152 valence electrons. The van der Waals surface area contributed by atoms with Gasteiger partial charge in [0.15, 0.2) is 31.2 Å². The fourth-order valence-corrected chi connectivity index (χ4v) is 8.60. The van der Waals surface area contributed by atoms with Crippen molar-refractivity contribution in [1.29, 1.82) is 0 Å². The Labute approximate surface area is 160 Å². The Balaban J connectivity index is 1.96. The van der Waals surface area contributed by atoms with Crippen LogP contribution in [0.25, 0.3) is 0 Å². The standard InChI is InChI=1S/C17H26N2O6S2/c1-18-6-8-19(9-7-18)14-11-26(20,21)12-17(14)27(22,23)13-4-5-15(24-2)16(10-13)25-3/h4-5,10,14,17H,6-9,11-12H2,1-3H3/t14-,17-/m0/s1. The number of hydrogen-bond donors (Lipinski definition) is 0. The second kappa shape index (κ2) is 7.57. The minimum Gasteiger partial charge on any atom is -0.493 e. The van der Waals surface area contributed by atoms with E-state index in [4.69, 9.17) is 9.47 Å². The van der Waals surface area contributed by atoms with Crippen molar-refractivity contribution in [3.63, 3.8) is 0 Å². The summed E-state index contributed by atoms with van der Waals surface area (Å²) in [5.41, 5.74) is 0. The van der Waals surface area contributed by atoms with Crippen LogP contribution in [0.3, 0.4) is 0 Å². The van der Waals surface area contributed by atoms with Crippen LogP contribution in [-0.2, 0) is 19.7 Å². The van der Waals surface area contributed by atoms with Crippen LogP contribution in [0, 0.1) is 0 Å². The van der Waals surface area contributed by atoms with Gasteiger partial charge in [0.25, 0.3) is 0 Å². The molecule has 1 aromatic rings. The Morgan fingerprint density at radius 1 is 1.00 bits per heavy atom. The summed E-state index contributed by atoms with van der Waals surface area (Å²) in [5.74, 6) is 0.260. The van der Waals surface area contributed by atoms with Crippen molar-refractivity contribution in [3.8, 4) is 11.5 Å². The Kier molecular flexibility index (Phi) is 5.72. The summed E-state index contributed by atoms with van der Waals surface area (Å²) in [6, 6.07) is 3.85. The van der Waals surface area contributed by atoms with Crippen LogP contribution in [0.5, 0.6) is 11.5 Å². The first-order valence-corrected chi connectivity index (χ1v) is 12.1. The molecule has 0 amide bonds. The number of piperazine rings is 1. The van der Waals surface area contributed by atoms with E-state index >= 15 is 0 Å². The molecule has 3 rings (SSSR count). The van der Waals surface area contributed by atoms with Crippen LogP contribution >= 0.6 is 0 Å². The first kappa shape index (κ1) is 20.4. The second-order valence-electron chi connectivity index (χ2n) is 7.08. The monoisotopic (exact) mass is 418 g/mol. The minimum atomic E-state index is -3.85. The molecule has 0 aromatic heterocycles. The van der Waals surface area contributed by atoms with E-state index in [1.165, 1.54) is 32.4 Å². The van der Waals surface area contributed by atoms with Gasteiger partial charge < -0.3 is 14.4 Å². The first-order valence-electron chi connectivity index (χ1n) is 8.77. The molecule has 0 radical (unpaired) electrons. The predicted molar refractivity (Wildman–Crippen MR) is 102 cm³/mol. The zero-order chi connectivity index (χ0) is 19.8. The number of hydrogen-bond acceptors (Lipinski definition) is 8. The number of methoxy groups -OCH3 is 2. The third-order valence-electron chi connectivity index (χ3n) is 5.36. The van der Waals surface area contributed by atoms with E-state index in [1.807, 2.05) is 11.9 Å². The van der Waals surface area contributed by atoms with E-state index in [0.717, 1.165) is 13.1 Å². The maximum atomic E-state index is 13.3.